The number of aliphatic hydroxyl groups excluding tert-OH is 1. The van der Waals surface area contributed by atoms with Crippen molar-refractivity contribution in [1.82, 2.24) is 0 Å². The third-order valence-corrected chi connectivity index (χ3v) is 13.5. The molecular weight excluding hydrogens is 713 g/mol. The number of terminal acetylenes is 1. The van der Waals surface area contributed by atoms with Gasteiger partial charge in [-0.25, -0.2) is 0 Å². The number of nitrogens with zero attached hydrogens (tertiary/aromatic N) is 1. The zero-order chi connectivity index (χ0) is 30.1. The first kappa shape index (κ1) is 40.0. The van der Waals surface area contributed by atoms with Crippen LogP contribution in [-0.4, -0.2) is 23.5 Å². The second kappa shape index (κ2) is 21.6. The van der Waals surface area contributed by atoms with Crippen LogP contribution in [0.15, 0.2) is 52.5 Å². The van der Waals surface area contributed by atoms with Crippen LogP contribution in [-0.2, 0) is 31.5 Å². The van der Waals surface area contributed by atoms with Crippen LogP contribution < -0.4 is 11.9 Å². The molecular formula is C32H47ClFHgN3O2. The normalized spacial score (nSPS) is 12.2. The van der Waals surface area contributed by atoms with Gasteiger partial charge in [-0.3, -0.25) is 0 Å². The number of amidine groups is 1. The zero-order valence-corrected chi connectivity index (χ0v) is 31.9. The summed E-state index contributed by atoms with van der Waals surface area (Å²) >= 11 is 4.46. The van der Waals surface area contributed by atoms with Crippen LogP contribution in [0.1, 0.15) is 78.0 Å². The number of benzene rings is 2. The van der Waals surface area contributed by atoms with Crippen LogP contribution in [0.25, 0.3) is 5.57 Å². The summed E-state index contributed by atoms with van der Waals surface area (Å²) in [7, 11) is 1.65. The van der Waals surface area contributed by atoms with Crippen molar-refractivity contribution in [1.29, 1.82) is 0 Å². The summed E-state index contributed by atoms with van der Waals surface area (Å²) in [6, 6.07) is 9.30. The molecule has 0 amide bonds. The molecule has 5 nitrogen and oxygen atoms in total. The van der Waals surface area contributed by atoms with Crippen molar-refractivity contribution in [2.75, 3.05) is 10.1 Å². The van der Waals surface area contributed by atoms with Gasteiger partial charge in [0.2, 0.25) is 0 Å². The molecule has 0 heterocycles. The molecule has 0 aliphatic rings. The molecule has 0 aliphatic carbocycles. The maximum Gasteiger partial charge on any atom is -0.0683 e. The van der Waals surface area contributed by atoms with Crippen molar-refractivity contribution in [3.05, 3.63) is 75.1 Å². The number of aliphatic hydroxyl groups is 1. The average Bonchev–Trinajstić information content (AvgIpc) is 2.96. The number of hydrogen-bond donors (Lipinski definition) is 3. The van der Waals surface area contributed by atoms with E-state index in [0.717, 1.165) is 38.2 Å². The first-order valence-corrected chi connectivity index (χ1v) is 19.4. The quantitative estimate of drug-likeness (QED) is 0.0844. The van der Waals surface area contributed by atoms with Crippen molar-refractivity contribution >= 4 is 31.8 Å². The van der Waals surface area contributed by atoms with Crippen LogP contribution in [0, 0.1) is 31.0 Å². The number of nitrogens with one attached hydrogen (secondary N) is 1. The van der Waals surface area contributed by atoms with Gasteiger partial charge in [-0.15, -0.1) is 12.3 Å². The Labute approximate surface area is 259 Å². The molecule has 0 radical (unpaired) electrons. The molecule has 6 N–H and O–H groups in total. The average molecular weight is 761 g/mol. The summed E-state index contributed by atoms with van der Waals surface area (Å²) in [4.78, 5) is 4.22. The van der Waals surface area contributed by atoms with Gasteiger partial charge in [0.25, 0.3) is 0 Å². The molecule has 40 heavy (non-hydrogen) atoms. The van der Waals surface area contributed by atoms with Gasteiger partial charge < -0.3 is 5.48 Å². The summed E-state index contributed by atoms with van der Waals surface area (Å²) in [5.41, 5.74) is 11.6. The number of allylic oxidation sites excluding steroid dienone is 2. The van der Waals surface area contributed by atoms with E-state index in [9.17, 15) is 5.11 Å². The van der Waals surface area contributed by atoms with Crippen molar-refractivity contribution in [2.45, 2.75) is 74.8 Å². The maximum atomic E-state index is 15.8. The van der Waals surface area contributed by atoms with Crippen LogP contribution in [0.4, 0.5) is 10.1 Å². The van der Waals surface area contributed by atoms with Gasteiger partial charge in [-0.2, -0.15) is 0 Å². The van der Waals surface area contributed by atoms with Gasteiger partial charge in [0.1, 0.15) is 0 Å². The summed E-state index contributed by atoms with van der Waals surface area (Å²) in [5, 5.41) is 10.2. The minimum atomic E-state index is -2.03. The largest absolute Gasteiger partial charge is 0.412 e. The molecule has 2 rings (SSSR count). The number of rotatable bonds is 9. The molecule has 0 bridgehead atoms. The Morgan fingerprint density at radius 3 is 2.38 bits per heavy atom. The Balaban J connectivity index is 0. The van der Waals surface area contributed by atoms with E-state index in [-0.39, 0.29) is 17.9 Å². The number of nitrogens with two attached hydrogens (primary N) is 1. The van der Waals surface area contributed by atoms with Crippen LogP contribution in [0.3, 0.4) is 0 Å². The predicted molar refractivity (Wildman–Crippen MR) is 169 cm³/mol. The molecule has 2 aromatic carbocycles. The number of aryl methyl sites for hydroxylation is 1. The second-order valence-corrected chi connectivity index (χ2v) is 14.9. The van der Waals surface area contributed by atoms with Crippen molar-refractivity contribution in [2.24, 2.45) is 16.6 Å². The Hall–Kier alpha value is -2.17. The molecule has 218 valence electrons. The van der Waals surface area contributed by atoms with Crippen molar-refractivity contribution < 1.29 is 39.8 Å². The van der Waals surface area contributed by atoms with E-state index in [2.05, 4.69) is 27.8 Å². The third kappa shape index (κ3) is 11.4. The van der Waals surface area contributed by atoms with E-state index in [1.807, 2.05) is 65.8 Å². The third-order valence-electron chi connectivity index (χ3n) is 6.30. The molecule has 0 aliphatic heterocycles. The first-order valence-electron chi connectivity index (χ1n) is 13.6. The van der Waals surface area contributed by atoms with Gasteiger partial charge in [0.15, 0.2) is 0 Å². The number of aliphatic imine (C=N–C) groups is 1. The van der Waals surface area contributed by atoms with E-state index < -0.39 is 24.9 Å². The van der Waals surface area contributed by atoms with Crippen LogP contribution in [0.5, 0.6) is 0 Å². The topological polar surface area (TPSA) is 102 Å². The van der Waals surface area contributed by atoms with Crippen molar-refractivity contribution in [3.63, 3.8) is 0 Å². The molecule has 1 unspecified atom stereocenters. The van der Waals surface area contributed by atoms with E-state index >= 15 is 4.39 Å². The smallest absolute Gasteiger partial charge is 0.0683 e. The molecule has 0 fully saturated rings. The van der Waals surface area contributed by atoms with Gasteiger partial charge in [0, 0.05) is 6.42 Å². The Bertz CT molecular complexity index is 1200. The number of anilines is 1. The van der Waals surface area contributed by atoms with E-state index in [0.29, 0.717) is 33.6 Å². The fourth-order valence-electron chi connectivity index (χ4n) is 3.89. The summed E-state index contributed by atoms with van der Waals surface area (Å²) < 4.78 is 20.2. The molecule has 2 aromatic rings. The molecule has 0 saturated heterocycles. The van der Waals surface area contributed by atoms with Crippen LogP contribution >= 0.6 is 11.6 Å². The van der Waals surface area contributed by atoms with Crippen molar-refractivity contribution in [3.8, 4) is 12.3 Å². The Morgan fingerprint density at radius 1 is 1.30 bits per heavy atom. The minimum Gasteiger partial charge on any atom is -0.412 e. The molecule has 0 spiro atoms. The SMILES string of the molecule is C#CCC.C/C=C(\C(C(N)=NC)=C(\C)C(C)CC)c1cccc([NH][Hg][c]2cc(C)cc(CO)c2Cl)c1F.CC.O. The summed E-state index contributed by atoms with van der Waals surface area (Å²) in [6.07, 6.45) is 8.48. The predicted octanol–water partition coefficient (Wildman–Crippen LogP) is 7.00. The summed E-state index contributed by atoms with van der Waals surface area (Å²) in [6.45, 7) is 16.0. The number of halogens is 2. The number of hydrogen-bond acceptors (Lipinski definition) is 3. The molecule has 1 atom stereocenters. The van der Waals surface area contributed by atoms with Gasteiger partial charge in [-0.1, -0.05) is 20.8 Å². The fraction of sp³-hybridized carbons (Fsp3) is 0.406. The monoisotopic (exact) mass is 761 g/mol. The maximum absolute atomic E-state index is 15.8. The van der Waals surface area contributed by atoms with E-state index in [1.165, 1.54) is 0 Å². The Morgan fingerprint density at radius 2 is 1.90 bits per heavy atom. The van der Waals surface area contributed by atoms with Gasteiger partial charge in [0.05, 0.1) is 0 Å². The van der Waals surface area contributed by atoms with E-state index in [4.69, 9.17) is 23.8 Å². The minimum absolute atomic E-state index is 0. The van der Waals surface area contributed by atoms with Gasteiger partial charge >= 0.3 is 216 Å². The molecule has 0 aromatic heterocycles. The molecule has 0 saturated carbocycles. The van der Waals surface area contributed by atoms with Gasteiger partial charge in [-0.05, 0) is 0 Å². The fourth-order valence-corrected chi connectivity index (χ4v) is 10.3. The van der Waals surface area contributed by atoms with Crippen LogP contribution in [0.2, 0.25) is 5.02 Å². The van der Waals surface area contributed by atoms with E-state index in [1.54, 1.807) is 19.2 Å². The standard InChI is InChI=1S/C18H25FN3.C8H8ClO.C4H6.C2H6.Hg.H2O/c1-6-11(3)12(4)16(18(21)22-5)13(7-2)14-9-8-10-15(20)17(14)19;1-6-2-3-8(9)7(4-6)5-10;1-3-4-2;1-2;;/h7-11,20H,6H2,1-5H3,(H2,21,22);2,4,10H,5H2,1H3;1H,4H2,2H3;1-2H3;;1H2/q-1;;;;+1;/b13-7-,16-12+;;;;;. The second-order valence-electron chi connectivity index (χ2n) is 8.81. The molecule has 8 heteroatoms. The summed E-state index contributed by atoms with van der Waals surface area (Å²) in [5.74, 6) is 2.82. The zero-order valence-electron chi connectivity index (χ0n) is 25.7. The first-order chi connectivity index (χ1) is 18.6. The Kier molecular flexibility index (Phi) is 21.5.